The smallest absolute Gasteiger partial charge is 0.317 e. The molecule has 1 aromatic carbocycles. The van der Waals surface area contributed by atoms with Gasteiger partial charge in [-0.25, -0.2) is 4.39 Å². The zero-order valence-electron chi connectivity index (χ0n) is 12.9. The van der Waals surface area contributed by atoms with E-state index >= 15 is 0 Å². The van der Waals surface area contributed by atoms with Gasteiger partial charge in [-0.2, -0.15) is 0 Å². The number of para-hydroxylation sites is 1. The molecule has 2 N–H and O–H groups in total. The van der Waals surface area contributed by atoms with Gasteiger partial charge in [-0.15, -0.1) is 12.4 Å². The molecule has 1 aliphatic heterocycles. The molecule has 23 heavy (non-hydrogen) atoms. The van der Waals surface area contributed by atoms with Crippen LogP contribution >= 0.6 is 12.4 Å². The molecule has 0 aliphatic carbocycles. The van der Waals surface area contributed by atoms with E-state index in [2.05, 4.69) is 0 Å². The molecule has 2 atom stereocenters. The minimum atomic E-state index is -0.920. The summed E-state index contributed by atoms with van der Waals surface area (Å²) >= 11 is 0. The Kier molecular flexibility index (Phi) is 7.70. The first-order valence-corrected chi connectivity index (χ1v) is 7.17. The average molecular weight is 349 g/mol. The Morgan fingerprint density at radius 3 is 2.78 bits per heavy atom. The summed E-state index contributed by atoms with van der Waals surface area (Å²) in [5.41, 5.74) is 0. The normalized spacial score (nSPS) is 21.2. The van der Waals surface area contributed by atoms with E-state index in [1.165, 1.54) is 6.07 Å². The number of aliphatic hydroxyl groups is 1. The highest BCUT2D eigenvalue weighted by molar-refractivity contribution is 5.85. The number of aliphatic hydroxyl groups excluding tert-OH is 1. The van der Waals surface area contributed by atoms with E-state index < -0.39 is 17.9 Å². The molecule has 0 spiro atoms. The molecule has 8 heteroatoms. The van der Waals surface area contributed by atoms with Gasteiger partial charge in [0.25, 0.3) is 0 Å². The van der Waals surface area contributed by atoms with Gasteiger partial charge in [-0.1, -0.05) is 12.1 Å². The van der Waals surface area contributed by atoms with Crippen LogP contribution in [0.1, 0.15) is 0 Å². The van der Waals surface area contributed by atoms with Crippen LogP contribution in [0, 0.1) is 5.82 Å². The summed E-state index contributed by atoms with van der Waals surface area (Å²) < 4.78 is 18.8. The SMILES string of the molecule is CN(CC(=O)O)C1CN(CCOc2ccccc2F)C[C@H]1O.Cl. The Balaban J connectivity index is 0.00000264. The molecule has 1 aromatic rings. The number of rotatable bonds is 7. The number of carbonyl (C=O) groups is 1. The van der Waals surface area contributed by atoms with Crippen LogP contribution in [-0.4, -0.2) is 78.0 Å². The van der Waals surface area contributed by atoms with Crippen LogP contribution in [0.15, 0.2) is 24.3 Å². The number of likely N-dealkylation sites (tertiary alicyclic amines) is 1. The predicted molar refractivity (Wildman–Crippen MR) is 85.6 cm³/mol. The van der Waals surface area contributed by atoms with Crippen LogP contribution in [-0.2, 0) is 4.79 Å². The van der Waals surface area contributed by atoms with Crippen molar-refractivity contribution >= 4 is 18.4 Å². The standard InChI is InChI=1S/C15H21FN2O4.ClH/c1-17(10-15(20)21)12-8-18(9-13(12)19)6-7-22-14-5-3-2-4-11(14)16;/h2-5,12-13,19H,6-10H2,1H3,(H,20,21);1H/t12?,13-;/m1./s1. The van der Waals surface area contributed by atoms with E-state index in [1.807, 2.05) is 4.90 Å². The number of nitrogens with zero attached hydrogens (tertiary/aromatic N) is 2. The number of ether oxygens (including phenoxy) is 1. The first-order chi connectivity index (χ1) is 10.5. The van der Waals surface area contributed by atoms with Gasteiger partial charge in [-0.3, -0.25) is 14.6 Å². The van der Waals surface area contributed by atoms with Crippen molar-refractivity contribution in [2.75, 3.05) is 39.8 Å². The number of carboxylic acid groups (broad SMARTS) is 1. The van der Waals surface area contributed by atoms with E-state index in [1.54, 1.807) is 30.1 Å². The van der Waals surface area contributed by atoms with Crippen molar-refractivity contribution in [3.63, 3.8) is 0 Å². The lowest BCUT2D eigenvalue weighted by Crippen LogP contribution is -2.43. The number of β-amino-alcohol motifs (C(OH)–C–C–N with tert-alkyl or cyclic N) is 1. The highest BCUT2D eigenvalue weighted by atomic mass is 35.5. The van der Waals surface area contributed by atoms with Crippen molar-refractivity contribution in [2.24, 2.45) is 0 Å². The first kappa shape index (κ1) is 19.6. The summed E-state index contributed by atoms with van der Waals surface area (Å²) in [7, 11) is 1.68. The third kappa shape index (κ3) is 5.62. The maximum absolute atomic E-state index is 13.4. The summed E-state index contributed by atoms with van der Waals surface area (Å²) in [4.78, 5) is 14.3. The van der Waals surface area contributed by atoms with Crippen LogP contribution in [0.25, 0.3) is 0 Å². The molecule has 1 heterocycles. The van der Waals surface area contributed by atoms with Gasteiger partial charge in [0.2, 0.25) is 0 Å². The van der Waals surface area contributed by atoms with Crippen LogP contribution in [0.2, 0.25) is 0 Å². The lowest BCUT2D eigenvalue weighted by atomic mass is 10.2. The molecular formula is C15H22ClFN2O4. The minimum absolute atomic E-state index is 0. The van der Waals surface area contributed by atoms with Crippen molar-refractivity contribution in [3.8, 4) is 5.75 Å². The fourth-order valence-electron chi connectivity index (χ4n) is 2.64. The summed E-state index contributed by atoms with van der Waals surface area (Å²) in [6.07, 6.45) is -0.599. The number of hydrogen-bond donors (Lipinski definition) is 2. The Bertz CT molecular complexity index is 520. The molecule has 130 valence electrons. The molecular weight excluding hydrogens is 327 g/mol. The maximum atomic E-state index is 13.4. The Morgan fingerprint density at radius 1 is 1.43 bits per heavy atom. The van der Waals surface area contributed by atoms with E-state index in [0.29, 0.717) is 26.2 Å². The number of aliphatic carboxylic acids is 1. The zero-order valence-corrected chi connectivity index (χ0v) is 13.7. The van der Waals surface area contributed by atoms with Crippen molar-refractivity contribution in [3.05, 3.63) is 30.1 Å². The fourth-order valence-corrected chi connectivity index (χ4v) is 2.64. The fraction of sp³-hybridized carbons (Fsp3) is 0.533. The second-order valence-corrected chi connectivity index (χ2v) is 5.48. The quantitative estimate of drug-likeness (QED) is 0.755. The van der Waals surface area contributed by atoms with Crippen LogP contribution in [0.3, 0.4) is 0 Å². The lowest BCUT2D eigenvalue weighted by molar-refractivity contribution is -0.138. The van der Waals surface area contributed by atoms with Crippen LogP contribution in [0.4, 0.5) is 4.39 Å². The number of likely N-dealkylation sites (N-methyl/N-ethyl adjacent to an activating group) is 1. The van der Waals surface area contributed by atoms with Gasteiger partial charge in [0.1, 0.15) is 6.61 Å². The maximum Gasteiger partial charge on any atom is 0.317 e. The highest BCUT2D eigenvalue weighted by Crippen LogP contribution is 2.17. The number of carboxylic acids is 1. The van der Waals surface area contributed by atoms with Gasteiger partial charge < -0.3 is 14.9 Å². The highest BCUT2D eigenvalue weighted by Gasteiger charge is 2.34. The monoisotopic (exact) mass is 348 g/mol. The van der Waals surface area contributed by atoms with E-state index in [9.17, 15) is 14.3 Å². The molecule has 0 amide bonds. The number of benzene rings is 1. The summed E-state index contributed by atoms with van der Waals surface area (Å²) in [6, 6.07) is 5.99. The average Bonchev–Trinajstić information content (AvgIpc) is 2.81. The molecule has 2 rings (SSSR count). The van der Waals surface area contributed by atoms with Gasteiger partial charge >= 0.3 is 5.97 Å². The lowest BCUT2D eigenvalue weighted by Gasteiger charge is -2.24. The molecule has 0 saturated carbocycles. The molecule has 6 nitrogen and oxygen atoms in total. The van der Waals surface area contributed by atoms with Gasteiger partial charge in [0.05, 0.1) is 12.6 Å². The Morgan fingerprint density at radius 2 is 2.13 bits per heavy atom. The number of halogens is 2. The van der Waals surface area contributed by atoms with Crippen molar-refractivity contribution in [1.82, 2.24) is 9.80 Å². The van der Waals surface area contributed by atoms with Crippen LogP contribution in [0.5, 0.6) is 5.75 Å². The van der Waals surface area contributed by atoms with Gasteiger partial charge in [0, 0.05) is 25.7 Å². The Labute approximate surface area is 140 Å². The van der Waals surface area contributed by atoms with Crippen molar-refractivity contribution < 1.29 is 24.1 Å². The molecule has 1 saturated heterocycles. The predicted octanol–water partition coefficient (Wildman–Crippen LogP) is 0.688. The first-order valence-electron chi connectivity index (χ1n) is 7.17. The van der Waals surface area contributed by atoms with Gasteiger partial charge in [-0.05, 0) is 19.2 Å². The second-order valence-electron chi connectivity index (χ2n) is 5.48. The van der Waals surface area contributed by atoms with Gasteiger partial charge in [0.15, 0.2) is 11.6 Å². The topological polar surface area (TPSA) is 73.2 Å². The molecule has 1 aliphatic rings. The minimum Gasteiger partial charge on any atom is -0.489 e. The van der Waals surface area contributed by atoms with Crippen molar-refractivity contribution in [2.45, 2.75) is 12.1 Å². The molecule has 1 unspecified atom stereocenters. The van der Waals surface area contributed by atoms with E-state index in [4.69, 9.17) is 9.84 Å². The molecule has 1 fully saturated rings. The van der Waals surface area contributed by atoms with Crippen LogP contribution < -0.4 is 4.74 Å². The van der Waals surface area contributed by atoms with E-state index in [-0.39, 0.29) is 30.7 Å². The molecule has 0 bridgehead atoms. The summed E-state index contributed by atoms with van der Waals surface area (Å²) in [6.45, 7) is 1.76. The summed E-state index contributed by atoms with van der Waals surface area (Å²) in [5.74, 6) is -1.11. The third-order valence-corrected chi connectivity index (χ3v) is 3.79. The number of hydrogen-bond acceptors (Lipinski definition) is 5. The third-order valence-electron chi connectivity index (χ3n) is 3.79. The largest absolute Gasteiger partial charge is 0.489 e. The Hall–Kier alpha value is -1.41. The van der Waals surface area contributed by atoms with Crippen molar-refractivity contribution in [1.29, 1.82) is 0 Å². The molecule has 0 aromatic heterocycles. The second kappa shape index (κ2) is 9.02. The zero-order chi connectivity index (χ0) is 16.1. The molecule has 0 radical (unpaired) electrons. The van der Waals surface area contributed by atoms with E-state index in [0.717, 1.165) is 0 Å². The summed E-state index contributed by atoms with van der Waals surface area (Å²) in [5, 5.41) is 18.8.